The van der Waals surface area contributed by atoms with Gasteiger partial charge in [-0.25, -0.2) is 0 Å². The van der Waals surface area contributed by atoms with Crippen LogP contribution in [0.2, 0.25) is 0 Å². The van der Waals surface area contributed by atoms with Crippen LogP contribution >= 0.6 is 0 Å². The first-order valence-corrected chi connectivity index (χ1v) is 13.4. The molecule has 0 bridgehead atoms. The highest BCUT2D eigenvalue weighted by Crippen LogP contribution is 2.10. The maximum absolute atomic E-state index is 11.5. The summed E-state index contributed by atoms with van der Waals surface area (Å²) in [4.78, 5) is 22.7. The SMILES string of the molecule is CCCCCCCCCCCCNC(=O)CCC(=O)NCC.CCCCNCCCC. The van der Waals surface area contributed by atoms with Crippen LogP contribution in [0, 0.1) is 0 Å². The minimum absolute atomic E-state index is 0.0119. The van der Waals surface area contributed by atoms with E-state index in [0.717, 1.165) is 13.0 Å². The molecule has 2 amide bonds. The van der Waals surface area contributed by atoms with Gasteiger partial charge in [-0.15, -0.1) is 0 Å². The number of carbonyl (C=O) groups is 2. The fourth-order valence-electron chi connectivity index (χ4n) is 3.17. The van der Waals surface area contributed by atoms with Crippen molar-refractivity contribution in [2.75, 3.05) is 26.2 Å². The van der Waals surface area contributed by atoms with Crippen molar-refractivity contribution in [3.8, 4) is 0 Å². The number of rotatable bonds is 21. The Hall–Kier alpha value is -1.10. The lowest BCUT2D eigenvalue weighted by Crippen LogP contribution is -2.28. The molecule has 5 heteroatoms. The van der Waals surface area contributed by atoms with E-state index in [9.17, 15) is 9.59 Å². The predicted molar refractivity (Wildman–Crippen MR) is 135 cm³/mol. The second-order valence-corrected chi connectivity index (χ2v) is 8.44. The molecule has 0 rings (SSSR count). The molecular weight excluding hydrogens is 386 g/mol. The molecule has 0 aromatic carbocycles. The van der Waals surface area contributed by atoms with E-state index < -0.39 is 0 Å². The molecule has 0 aliphatic carbocycles. The van der Waals surface area contributed by atoms with E-state index in [1.807, 2.05) is 6.92 Å². The van der Waals surface area contributed by atoms with E-state index in [0.29, 0.717) is 13.0 Å². The van der Waals surface area contributed by atoms with Crippen molar-refractivity contribution in [3.05, 3.63) is 0 Å². The molecule has 31 heavy (non-hydrogen) atoms. The number of hydrogen-bond acceptors (Lipinski definition) is 3. The summed E-state index contributed by atoms with van der Waals surface area (Å²) in [5.41, 5.74) is 0. The van der Waals surface area contributed by atoms with Gasteiger partial charge in [-0.05, 0) is 39.3 Å². The summed E-state index contributed by atoms with van der Waals surface area (Å²) in [5, 5.41) is 8.97. The molecule has 0 radical (unpaired) electrons. The number of carbonyl (C=O) groups excluding carboxylic acids is 2. The van der Waals surface area contributed by atoms with Crippen LogP contribution in [-0.2, 0) is 9.59 Å². The molecule has 0 aliphatic rings. The van der Waals surface area contributed by atoms with Gasteiger partial charge < -0.3 is 16.0 Å². The summed E-state index contributed by atoms with van der Waals surface area (Å²) in [6, 6.07) is 0. The monoisotopic (exact) mass is 441 g/mol. The third kappa shape index (κ3) is 31.2. The third-order valence-corrected chi connectivity index (χ3v) is 5.22. The van der Waals surface area contributed by atoms with Crippen LogP contribution in [0.3, 0.4) is 0 Å². The Bertz CT molecular complexity index is 370. The maximum Gasteiger partial charge on any atom is 0.220 e. The van der Waals surface area contributed by atoms with Gasteiger partial charge in [0.25, 0.3) is 0 Å². The van der Waals surface area contributed by atoms with Gasteiger partial charge in [0, 0.05) is 25.9 Å². The summed E-state index contributed by atoms with van der Waals surface area (Å²) in [6.07, 6.45) is 18.8. The molecule has 0 spiro atoms. The van der Waals surface area contributed by atoms with Crippen LogP contribution < -0.4 is 16.0 Å². The van der Waals surface area contributed by atoms with Gasteiger partial charge in [-0.3, -0.25) is 9.59 Å². The zero-order valence-corrected chi connectivity index (χ0v) is 21.5. The Kier molecular flexibility index (Phi) is 29.9. The van der Waals surface area contributed by atoms with Crippen molar-refractivity contribution in [2.24, 2.45) is 0 Å². The van der Waals surface area contributed by atoms with E-state index in [4.69, 9.17) is 0 Å². The van der Waals surface area contributed by atoms with Crippen LogP contribution in [0.1, 0.15) is 130 Å². The lowest BCUT2D eigenvalue weighted by Gasteiger charge is -2.05. The van der Waals surface area contributed by atoms with Crippen molar-refractivity contribution < 1.29 is 9.59 Å². The van der Waals surface area contributed by atoms with Gasteiger partial charge in [-0.1, -0.05) is 91.4 Å². The zero-order valence-electron chi connectivity index (χ0n) is 21.5. The quantitative estimate of drug-likeness (QED) is 0.188. The Balaban J connectivity index is 0. The minimum atomic E-state index is -0.0448. The number of hydrogen-bond donors (Lipinski definition) is 3. The van der Waals surface area contributed by atoms with E-state index in [1.165, 1.54) is 96.6 Å². The molecular formula is C26H55N3O2. The summed E-state index contributed by atoms with van der Waals surface area (Å²) < 4.78 is 0. The molecule has 0 fully saturated rings. The van der Waals surface area contributed by atoms with E-state index in [-0.39, 0.29) is 18.2 Å². The van der Waals surface area contributed by atoms with Crippen LogP contribution in [0.5, 0.6) is 0 Å². The van der Waals surface area contributed by atoms with Crippen LogP contribution in [0.15, 0.2) is 0 Å². The normalized spacial score (nSPS) is 10.3. The van der Waals surface area contributed by atoms with Gasteiger partial charge in [0.1, 0.15) is 0 Å². The molecule has 0 unspecified atom stereocenters. The number of nitrogens with one attached hydrogen (secondary N) is 3. The van der Waals surface area contributed by atoms with E-state index >= 15 is 0 Å². The van der Waals surface area contributed by atoms with Gasteiger partial charge in [0.05, 0.1) is 0 Å². The molecule has 5 nitrogen and oxygen atoms in total. The van der Waals surface area contributed by atoms with Crippen LogP contribution in [-0.4, -0.2) is 38.0 Å². The van der Waals surface area contributed by atoms with E-state index in [1.54, 1.807) is 0 Å². The fourth-order valence-corrected chi connectivity index (χ4v) is 3.17. The Morgan fingerprint density at radius 1 is 0.484 bits per heavy atom. The second kappa shape index (κ2) is 28.9. The lowest BCUT2D eigenvalue weighted by molar-refractivity contribution is -0.126. The lowest BCUT2D eigenvalue weighted by atomic mass is 10.1. The largest absolute Gasteiger partial charge is 0.356 e. The Morgan fingerprint density at radius 2 is 0.903 bits per heavy atom. The smallest absolute Gasteiger partial charge is 0.220 e. The van der Waals surface area contributed by atoms with Gasteiger partial charge in [0.2, 0.25) is 11.8 Å². The first kappa shape index (κ1) is 32.1. The van der Waals surface area contributed by atoms with Crippen LogP contribution in [0.4, 0.5) is 0 Å². The highest BCUT2D eigenvalue weighted by Gasteiger charge is 2.05. The van der Waals surface area contributed by atoms with Crippen LogP contribution in [0.25, 0.3) is 0 Å². The van der Waals surface area contributed by atoms with Gasteiger partial charge in [-0.2, -0.15) is 0 Å². The molecule has 186 valence electrons. The molecule has 0 atom stereocenters. The van der Waals surface area contributed by atoms with E-state index in [2.05, 4.69) is 36.7 Å². The summed E-state index contributed by atoms with van der Waals surface area (Å²) in [7, 11) is 0. The molecule has 0 saturated carbocycles. The topological polar surface area (TPSA) is 70.2 Å². The molecule has 3 N–H and O–H groups in total. The summed E-state index contributed by atoms with van der Waals surface area (Å²) >= 11 is 0. The number of unbranched alkanes of at least 4 members (excludes halogenated alkanes) is 11. The molecule has 0 heterocycles. The molecule has 0 aliphatic heterocycles. The summed E-state index contributed by atoms with van der Waals surface area (Å²) in [5.74, 6) is -0.0567. The zero-order chi connectivity index (χ0) is 23.4. The average Bonchev–Trinajstić information content (AvgIpc) is 2.76. The molecule has 0 aromatic rings. The Labute approximate surface area is 194 Å². The van der Waals surface area contributed by atoms with Crippen molar-refractivity contribution in [1.29, 1.82) is 0 Å². The maximum atomic E-state index is 11.5. The fraction of sp³-hybridized carbons (Fsp3) is 0.923. The van der Waals surface area contributed by atoms with Crippen molar-refractivity contribution >= 4 is 11.8 Å². The number of amides is 2. The predicted octanol–water partition coefficient (Wildman–Crippen LogP) is 6.12. The van der Waals surface area contributed by atoms with Crippen molar-refractivity contribution in [1.82, 2.24) is 16.0 Å². The minimum Gasteiger partial charge on any atom is -0.356 e. The van der Waals surface area contributed by atoms with Crippen molar-refractivity contribution in [3.63, 3.8) is 0 Å². The second-order valence-electron chi connectivity index (χ2n) is 8.44. The first-order chi connectivity index (χ1) is 15.1. The van der Waals surface area contributed by atoms with Crippen molar-refractivity contribution in [2.45, 2.75) is 130 Å². The highest BCUT2D eigenvalue weighted by atomic mass is 16.2. The average molecular weight is 442 g/mol. The van der Waals surface area contributed by atoms with Gasteiger partial charge >= 0.3 is 0 Å². The first-order valence-electron chi connectivity index (χ1n) is 13.4. The molecule has 0 saturated heterocycles. The Morgan fingerprint density at radius 3 is 1.35 bits per heavy atom. The molecule has 0 aromatic heterocycles. The summed E-state index contributed by atoms with van der Waals surface area (Å²) in [6.45, 7) is 12.3. The third-order valence-electron chi connectivity index (χ3n) is 5.22. The standard InChI is InChI=1S/C18H36N2O2.C8H19N/c1-3-5-6-7-8-9-10-11-12-13-16-20-18(22)15-14-17(21)19-4-2;1-3-5-7-9-8-6-4-2/h3-16H2,1-2H3,(H,19,21)(H,20,22);9H,3-8H2,1-2H3. The highest BCUT2D eigenvalue weighted by molar-refractivity contribution is 5.83. The van der Waals surface area contributed by atoms with Gasteiger partial charge in [0.15, 0.2) is 0 Å².